The summed E-state index contributed by atoms with van der Waals surface area (Å²) in [6.07, 6.45) is 0.702. The summed E-state index contributed by atoms with van der Waals surface area (Å²) in [5.41, 5.74) is 1.61. The van der Waals surface area contributed by atoms with Crippen molar-refractivity contribution in [2.24, 2.45) is 0 Å². The van der Waals surface area contributed by atoms with Gasteiger partial charge in [0.25, 0.3) is 5.91 Å². The van der Waals surface area contributed by atoms with Crippen LogP contribution < -0.4 is 19.5 Å². The van der Waals surface area contributed by atoms with E-state index in [-0.39, 0.29) is 5.91 Å². The molecule has 0 atom stereocenters. The standard InChI is InChI=1S/C20H25NO4/c1-4-24-18-11-10-15(14-19(18)25-5-2)12-13-21-20(22)16-8-6-7-9-17(16)23-3/h6-11,14H,4-5,12-13H2,1-3H3,(H,21,22). The molecule has 2 aromatic carbocycles. The molecule has 0 spiro atoms. The van der Waals surface area contributed by atoms with E-state index in [9.17, 15) is 4.79 Å². The normalized spacial score (nSPS) is 10.2. The highest BCUT2D eigenvalue weighted by atomic mass is 16.5. The average molecular weight is 343 g/mol. The molecule has 1 N–H and O–H groups in total. The van der Waals surface area contributed by atoms with Gasteiger partial charge in [0, 0.05) is 6.54 Å². The molecule has 134 valence electrons. The Morgan fingerprint density at radius 1 is 0.960 bits per heavy atom. The van der Waals surface area contributed by atoms with Gasteiger partial charge in [-0.05, 0) is 50.1 Å². The maximum atomic E-state index is 12.3. The number of carbonyl (C=O) groups excluding carboxylic acids is 1. The van der Waals surface area contributed by atoms with Crippen LogP contribution in [-0.2, 0) is 6.42 Å². The Morgan fingerprint density at radius 3 is 2.40 bits per heavy atom. The van der Waals surface area contributed by atoms with E-state index in [0.29, 0.717) is 37.5 Å². The average Bonchev–Trinajstić information content (AvgIpc) is 2.64. The van der Waals surface area contributed by atoms with Crippen molar-refractivity contribution in [2.45, 2.75) is 20.3 Å². The third-order valence-electron chi connectivity index (χ3n) is 3.66. The van der Waals surface area contributed by atoms with Crippen molar-refractivity contribution < 1.29 is 19.0 Å². The lowest BCUT2D eigenvalue weighted by Crippen LogP contribution is -2.26. The van der Waals surface area contributed by atoms with Crippen molar-refractivity contribution in [2.75, 3.05) is 26.9 Å². The highest BCUT2D eigenvalue weighted by Crippen LogP contribution is 2.28. The summed E-state index contributed by atoms with van der Waals surface area (Å²) in [5.74, 6) is 1.90. The van der Waals surface area contributed by atoms with Crippen LogP contribution in [0, 0.1) is 0 Å². The highest BCUT2D eigenvalue weighted by Gasteiger charge is 2.11. The van der Waals surface area contributed by atoms with Crippen LogP contribution in [0.1, 0.15) is 29.8 Å². The second-order valence-electron chi connectivity index (χ2n) is 5.35. The molecule has 5 heteroatoms. The van der Waals surface area contributed by atoms with Gasteiger partial charge in [-0.25, -0.2) is 0 Å². The molecular formula is C20H25NO4. The molecule has 0 saturated heterocycles. The van der Waals surface area contributed by atoms with Gasteiger partial charge in [0.2, 0.25) is 0 Å². The summed E-state index contributed by atoms with van der Waals surface area (Å²) in [5, 5.41) is 2.92. The number of hydrogen-bond acceptors (Lipinski definition) is 4. The number of methoxy groups -OCH3 is 1. The molecule has 5 nitrogen and oxygen atoms in total. The van der Waals surface area contributed by atoms with E-state index < -0.39 is 0 Å². The molecule has 0 heterocycles. The Bertz CT molecular complexity index is 700. The Morgan fingerprint density at radius 2 is 1.68 bits per heavy atom. The highest BCUT2D eigenvalue weighted by molar-refractivity contribution is 5.96. The fraction of sp³-hybridized carbons (Fsp3) is 0.350. The van der Waals surface area contributed by atoms with Gasteiger partial charge in [0.1, 0.15) is 5.75 Å². The van der Waals surface area contributed by atoms with Crippen LogP contribution >= 0.6 is 0 Å². The summed E-state index contributed by atoms with van der Waals surface area (Å²) in [6, 6.07) is 13.0. The van der Waals surface area contributed by atoms with Crippen LogP contribution in [0.4, 0.5) is 0 Å². The van der Waals surface area contributed by atoms with E-state index in [1.165, 1.54) is 0 Å². The minimum absolute atomic E-state index is 0.145. The number of benzene rings is 2. The number of carbonyl (C=O) groups is 1. The number of ether oxygens (including phenoxy) is 3. The Balaban J connectivity index is 1.97. The number of hydrogen-bond donors (Lipinski definition) is 1. The molecule has 25 heavy (non-hydrogen) atoms. The zero-order chi connectivity index (χ0) is 18.1. The number of nitrogens with one attached hydrogen (secondary N) is 1. The van der Waals surface area contributed by atoms with E-state index in [1.54, 1.807) is 19.2 Å². The lowest BCUT2D eigenvalue weighted by molar-refractivity contribution is 0.0951. The van der Waals surface area contributed by atoms with Gasteiger partial charge in [0.15, 0.2) is 11.5 Å². The smallest absolute Gasteiger partial charge is 0.255 e. The summed E-state index contributed by atoms with van der Waals surface area (Å²) in [7, 11) is 1.56. The van der Waals surface area contributed by atoms with E-state index in [4.69, 9.17) is 14.2 Å². The monoisotopic (exact) mass is 343 g/mol. The first kappa shape index (κ1) is 18.6. The van der Waals surface area contributed by atoms with Gasteiger partial charge in [-0.3, -0.25) is 4.79 Å². The first-order chi connectivity index (χ1) is 12.2. The first-order valence-corrected chi connectivity index (χ1v) is 8.49. The van der Waals surface area contributed by atoms with Crippen LogP contribution in [0.15, 0.2) is 42.5 Å². The van der Waals surface area contributed by atoms with Gasteiger partial charge < -0.3 is 19.5 Å². The Hall–Kier alpha value is -2.69. The first-order valence-electron chi connectivity index (χ1n) is 8.49. The fourth-order valence-corrected chi connectivity index (χ4v) is 2.50. The molecule has 0 fully saturated rings. The minimum atomic E-state index is -0.145. The number of para-hydroxylation sites is 1. The van der Waals surface area contributed by atoms with Crippen LogP contribution in [0.3, 0.4) is 0 Å². The minimum Gasteiger partial charge on any atom is -0.496 e. The molecule has 0 unspecified atom stereocenters. The lowest BCUT2D eigenvalue weighted by Gasteiger charge is -2.13. The van der Waals surface area contributed by atoms with Crippen LogP contribution in [0.25, 0.3) is 0 Å². The third-order valence-corrected chi connectivity index (χ3v) is 3.66. The lowest BCUT2D eigenvalue weighted by atomic mass is 10.1. The van der Waals surface area contributed by atoms with Crippen molar-refractivity contribution in [3.63, 3.8) is 0 Å². The van der Waals surface area contributed by atoms with E-state index in [0.717, 1.165) is 17.1 Å². The molecule has 0 aliphatic rings. The molecule has 0 aromatic heterocycles. The molecule has 0 bridgehead atoms. The predicted octanol–water partition coefficient (Wildman–Crippen LogP) is 3.47. The maximum Gasteiger partial charge on any atom is 0.255 e. The van der Waals surface area contributed by atoms with Gasteiger partial charge in [-0.15, -0.1) is 0 Å². The fourth-order valence-electron chi connectivity index (χ4n) is 2.50. The van der Waals surface area contributed by atoms with E-state index in [1.807, 2.05) is 44.2 Å². The predicted molar refractivity (Wildman–Crippen MR) is 97.8 cm³/mol. The second-order valence-corrected chi connectivity index (χ2v) is 5.35. The summed E-state index contributed by atoms with van der Waals surface area (Å²) >= 11 is 0. The van der Waals surface area contributed by atoms with Gasteiger partial charge in [-0.1, -0.05) is 18.2 Å². The van der Waals surface area contributed by atoms with Crippen LogP contribution in [-0.4, -0.2) is 32.8 Å². The largest absolute Gasteiger partial charge is 0.496 e. The summed E-state index contributed by atoms with van der Waals surface area (Å²) < 4.78 is 16.4. The van der Waals surface area contributed by atoms with Crippen molar-refractivity contribution in [3.8, 4) is 17.2 Å². The zero-order valence-corrected chi connectivity index (χ0v) is 15.0. The van der Waals surface area contributed by atoms with Crippen molar-refractivity contribution >= 4 is 5.91 Å². The van der Waals surface area contributed by atoms with Crippen molar-refractivity contribution in [1.29, 1.82) is 0 Å². The maximum absolute atomic E-state index is 12.3. The summed E-state index contributed by atoms with van der Waals surface area (Å²) in [6.45, 7) is 5.58. The van der Waals surface area contributed by atoms with Gasteiger partial charge in [0.05, 0.1) is 25.9 Å². The Labute approximate surface area is 148 Å². The quantitative estimate of drug-likeness (QED) is 0.757. The molecule has 0 aliphatic heterocycles. The summed E-state index contributed by atoms with van der Waals surface area (Å²) in [4.78, 5) is 12.3. The van der Waals surface area contributed by atoms with Crippen molar-refractivity contribution in [3.05, 3.63) is 53.6 Å². The van der Waals surface area contributed by atoms with Gasteiger partial charge >= 0.3 is 0 Å². The van der Waals surface area contributed by atoms with Crippen LogP contribution in [0.2, 0.25) is 0 Å². The molecule has 0 saturated carbocycles. The van der Waals surface area contributed by atoms with Gasteiger partial charge in [-0.2, -0.15) is 0 Å². The number of amides is 1. The molecular weight excluding hydrogens is 318 g/mol. The Kier molecular flexibility index (Phi) is 7.14. The zero-order valence-electron chi connectivity index (χ0n) is 15.0. The number of rotatable bonds is 9. The topological polar surface area (TPSA) is 56.8 Å². The van der Waals surface area contributed by atoms with Crippen molar-refractivity contribution in [1.82, 2.24) is 5.32 Å². The van der Waals surface area contributed by atoms with Crippen LogP contribution in [0.5, 0.6) is 17.2 Å². The molecule has 0 radical (unpaired) electrons. The second kappa shape index (κ2) is 9.57. The molecule has 0 aliphatic carbocycles. The molecule has 2 aromatic rings. The van der Waals surface area contributed by atoms with E-state index in [2.05, 4.69) is 5.32 Å². The molecule has 1 amide bonds. The third kappa shape index (κ3) is 5.14. The van der Waals surface area contributed by atoms with E-state index >= 15 is 0 Å². The molecule has 2 rings (SSSR count). The SMILES string of the molecule is CCOc1ccc(CCNC(=O)c2ccccc2OC)cc1OCC.